The average Bonchev–Trinajstić information content (AvgIpc) is 3.15. The van der Waals surface area contributed by atoms with Crippen molar-refractivity contribution in [2.24, 2.45) is 0 Å². The van der Waals surface area contributed by atoms with Gasteiger partial charge in [-0.15, -0.1) is 0 Å². The monoisotopic (exact) mass is 370 g/mol. The van der Waals surface area contributed by atoms with E-state index in [1.165, 1.54) is 5.69 Å². The highest BCUT2D eigenvalue weighted by Crippen LogP contribution is 2.33. The van der Waals surface area contributed by atoms with Gasteiger partial charge in [0.1, 0.15) is 11.6 Å². The van der Waals surface area contributed by atoms with E-state index in [9.17, 15) is 0 Å². The highest BCUT2D eigenvalue weighted by molar-refractivity contribution is 6.01. The van der Waals surface area contributed by atoms with Gasteiger partial charge in [-0.3, -0.25) is 5.10 Å². The molecule has 3 N–H and O–H groups in total. The van der Waals surface area contributed by atoms with Gasteiger partial charge in [0.2, 0.25) is 0 Å². The number of rotatable bonds is 3. The predicted octanol–water partition coefficient (Wildman–Crippen LogP) is 3.53. The van der Waals surface area contributed by atoms with Crippen LogP contribution in [0.4, 0.5) is 17.3 Å². The summed E-state index contributed by atoms with van der Waals surface area (Å²) in [6.07, 6.45) is 0. The molecule has 0 aliphatic carbocycles. The van der Waals surface area contributed by atoms with Crippen LogP contribution in [0, 0.1) is 0 Å². The Hall–Kier alpha value is -3.54. The topological polar surface area (TPSA) is 74.1 Å². The van der Waals surface area contributed by atoms with Crippen molar-refractivity contribution in [1.29, 1.82) is 0 Å². The van der Waals surface area contributed by atoms with Gasteiger partial charge in [-0.25, -0.2) is 4.98 Å². The van der Waals surface area contributed by atoms with Crippen molar-refractivity contribution in [2.45, 2.75) is 0 Å². The molecule has 0 unspecified atom stereocenters. The Bertz CT molecular complexity index is 1080. The van der Waals surface area contributed by atoms with Crippen LogP contribution in [0.25, 0.3) is 22.2 Å². The number of aromatic amines is 1. The van der Waals surface area contributed by atoms with E-state index in [-0.39, 0.29) is 0 Å². The average molecular weight is 370 g/mol. The second kappa shape index (κ2) is 6.88. The SMILES string of the molecule is Nc1[nH]nc2nc(N3CCN(c4ccccc4)CC3)cc(-c3ccccc3)c12. The zero-order valence-electron chi connectivity index (χ0n) is 15.5. The van der Waals surface area contributed by atoms with Crippen LogP contribution >= 0.6 is 0 Å². The maximum absolute atomic E-state index is 6.15. The van der Waals surface area contributed by atoms with Crippen LogP contribution in [-0.4, -0.2) is 41.4 Å². The van der Waals surface area contributed by atoms with Crippen LogP contribution in [0.2, 0.25) is 0 Å². The molecule has 6 nitrogen and oxygen atoms in total. The number of nitrogens with one attached hydrogen (secondary N) is 1. The number of benzene rings is 2. The van der Waals surface area contributed by atoms with Crippen LogP contribution in [0.15, 0.2) is 66.7 Å². The lowest BCUT2D eigenvalue weighted by Crippen LogP contribution is -2.46. The molecule has 3 heterocycles. The molecule has 5 rings (SSSR count). The van der Waals surface area contributed by atoms with E-state index < -0.39 is 0 Å². The van der Waals surface area contributed by atoms with Crippen molar-refractivity contribution in [1.82, 2.24) is 15.2 Å². The number of hydrogen-bond acceptors (Lipinski definition) is 5. The Morgan fingerprint density at radius 2 is 1.46 bits per heavy atom. The number of piperazine rings is 1. The number of hydrogen-bond donors (Lipinski definition) is 2. The summed E-state index contributed by atoms with van der Waals surface area (Å²) < 4.78 is 0. The Kier molecular flexibility index (Phi) is 4.09. The number of anilines is 3. The summed E-state index contributed by atoms with van der Waals surface area (Å²) in [4.78, 5) is 9.53. The fourth-order valence-corrected chi connectivity index (χ4v) is 3.87. The highest BCUT2D eigenvalue weighted by Gasteiger charge is 2.21. The molecule has 0 spiro atoms. The summed E-state index contributed by atoms with van der Waals surface area (Å²) >= 11 is 0. The van der Waals surface area contributed by atoms with E-state index in [1.807, 2.05) is 18.2 Å². The van der Waals surface area contributed by atoms with Gasteiger partial charge in [-0.1, -0.05) is 48.5 Å². The van der Waals surface area contributed by atoms with Gasteiger partial charge in [0, 0.05) is 37.4 Å². The molecule has 0 radical (unpaired) electrons. The lowest BCUT2D eigenvalue weighted by Gasteiger charge is -2.36. The minimum Gasteiger partial charge on any atom is -0.383 e. The highest BCUT2D eigenvalue weighted by atomic mass is 15.3. The first-order valence-corrected chi connectivity index (χ1v) is 9.54. The summed E-state index contributed by atoms with van der Waals surface area (Å²) in [5, 5.41) is 8.10. The molecule has 0 atom stereocenters. The second-order valence-electron chi connectivity index (χ2n) is 7.04. The number of para-hydroxylation sites is 1. The number of H-pyrrole nitrogens is 1. The quantitative estimate of drug-likeness (QED) is 0.577. The lowest BCUT2D eigenvalue weighted by molar-refractivity contribution is 0.648. The molecule has 6 heteroatoms. The van der Waals surface area contributed by atoms with Crippen molar-refractivity contribution in [3.8, 4) is 11.1 Å². The van der Waals surface area contributed by atoms with Crippen LogP contribution in [-0.2, 0) is 0 Å². The minimum absolute atomic E-state index is 0.557. The number of nitrogens with zero attached hydrogens (tertiary/aromatic N) is 4. The Labute approximate surface area is 163 Å². The standard InChI is InChI=1S/C22H22N6/c23-21-20-18(16-7-3-1-4-8-16)15-19(24-22(20)26-25-21)28-13-11-27(12-14-28)17-9-5-2-6-10-17/h1-10,15H,11-14H2,(H3,23,24,25,26). The molecule has 140 valence electrons. The molecule has 0 amide bonds. The Balaban J connectivity index is 1.47. The lowest BCUT2D eigenvalue weighted by atomic mass is 10.0. The van der Waals surface area contributed by atoms with Crippen LogP contribution in [0.5, 0.6) is 0 Å². The van der Waals surface area contributed by atoms with Gasteiger partial charge < -0.3 is 15.5 Å². The molecule has 28 heavy (non-hydrogen) atoms. The third kappa shape index (κ3) is 2.93. The third-order valence-electron chi connectivity index (χ3n) is 5.35. The zero-order valence-corrected chi connectivity index (χ0v) is 15.5. The van der Waals surface area contributed by atoms with E-state index in [4.69, 9.17) is 10.7 Å². The van der Waals surface area contributed by atoms with Gasteiger partial charge in [0.25, 0.3) is 0 Å². The number of aromatic nitrogens is 3. The molecule has 2 aromatic carbocycles. The first-order valence-electron chi connectivity index (χ1n) is 9.54. The summed E-state index contributed by atoms with van der Waals surface area (Å²) in [6, 6.07) is 23.0. The molecule has 1 fully saturated rings. The van der Waals surface area contributed by atoms with Gasteiger partial charge in [0.15, 0.2) is 5.65 Å². The van der Waals surface area contributed by atoms with Gasteiger partial charge in [0.05, 0.1) is 5.39 Å². The van der Waals surface area contributed by atoms with Crippen molar-refractivity contribution < 1.29 is 0 Å². The molecule has 4 aromatic rings. The summed E-state index contributed by atoms with van der Waals surface area (Å²) in [7, 11) is 0. The number of nitrogens with two attached hydrogens (primary N) is 1. The molecule has 0 bridgehead atoms. The van der Waals surface area contributed by atoms with Crippen molar-refractivity contribution in [3.63, 3.8) is 0 Å². The van der Waals surface area contributed by atoms with Crippen LogP contribution in [0.1, 0.15) is 0 Å². The molecule has 1 aliphatic rings. The molecular weight excluding hydrogens is 348 g/mol. The second-order valence-corrected chi connectivity index (χ2v) is 7.04. The maximum atomic E-state index is 6.15. The van der Waals surface area contributed by atoms with Gasteiger partial charge in [-0.05, 0) is 23.8 Å². The molecule has 0 saturated carbocycles. The largest absolute Gasteiger partial charge is 0.383 e. The van der Waals surface area contributed by atoms with E-state index >= 15 is 0 Å². The molecule has 1 saturated heterocycles. The fraction of sp³-hybridized carbons (Fsp3) is 0.182. The minimum atomic E-state index is 0.557. The summed E-state index contributed by atoms with van der Waals surface area (Å²) in [6.45, 7) is 3.77. The number of pyridine rings is 1. The summed E-state index contributed by atoms with van der Waals surface area (Å²) in [5.74, 6) is 1.51. The van der Waals surface area contributed by atoms with Gasteiger partial charge in [-0.2, -0.15) is 5.10 Å². The van der Waals surface area contributed by atoms with Crippen LogP contribution < -0.4 is 15.5 Å². The smallest absolute Gasteiger partial charge is 0.185 e. The number of nitrogen functional groups attached to an aromatic ring is 1. The fourth-order valence-electron chi connectivity index (χ4n) is 3.87. The van der Waals surface area contributed by atoms with Crippen molar-refractivity contribution >= 4 is 28.4 Å². The zero-order chi connectivity index (χ0) is 18.9. The van der Waals surface area contributed by atoms with Crippen molar-refractivity contribution in [2.75, 3.05) is 41.7 Å². The Morgan fingerprint density at radius 3 is 2.18 bits per heavy atom. The van der Waals surface area contributed by atoms with Crippen molar-refractivity contribution in [3.05, 3.63) is 66.7 Å². The maximum Gasteiger partial charge on any atom is 0.185 e. The predicted molar refractivity (Wildman–Crippen MR) is 115 cm³/mol. The molecule has 2 aromatic heterocycles. The van der Waals surface area contributed by atoms with Crippen LogP contribution in [0.3, 0.4) is 0 Å². The molecular formula is C22H22N6. The van der Waals surface area contributed by atoms with Gasteiger partial charge >= 0.3 is 0 Å². The normalized spacial score (nSPS) is 14.6. The molecule has 1 aliphatic heterocycles. The summed E-state index contributed by atoms with van der Waals surface area (Å²) in [5.41, 5.74) is 10.3. The first kappa shape index (κ1) is 16.6. The Morgan fingerprint density at radius 1 is 0.821 bits per heavy atom. The van der Waals surface area contributed by atoms with E-state index in [1.54, 1.807) is 0 Å². The van der Waals surface area contributed by atoms with E-state index in [0.717, 1.165) is 48.5 Å². The number of fused-ring (bicyclic) bond motifs is 1. The van der Waals surface area contributed by atoms with E-state index in [2.05, 4.69) is 68.5 Å². The van der Waals surface area contributed by atoms with E-state index in [0.29, 0.717) is 11.5 Å². The first-order chi connectivity index (χ1) is 13.8. The third-order valence-corrected chi connectivity index (χ3v) is 5.35.